The van der Waals surface area contributed by atoms with Crippen LogP contribution in [0.3, 0.4) is 0 Å². The molecule has 0 saturated carbocycles. The summed E-state index contributed by atoms with van der Waals surface area (Å²) in [7, 11) is 0. The number of nitrogens with zero attached hydrogens (tertiary/aromatic N) is 2. The van der Waals surface area contributed by atoms with Crippen molar-refractivity contribution in [2.75, 3.05) is 18.5 Å². The van der Waals surface area contributed by atoms with Gasteiger partial charge in [-0.25, -0.2) is 4.98 Å². The highest BCUT2D eigenvalue weighted by atomic mass is 16.5. The van der Waals surface area contributed by atoms with Gasteiger partial charge in [-0.15, -0.1) is 0 Å². The van der Waals surface area contributed by atoms with Crippen LogP contribution in [0.1, 0.15) is 27.2 Å². The second-order valence-electron chi connectivity index (χ2n) is 4.24. The summed E-state index contributed by atoms with van der Waals surface area (Å²) in [6, 6.07) is 1.68. The lowest BCUT2D eigenvalue weighted by Gasteiger charge is -2.19. The first-order valence-electron chi connectivity index (χ1n) is 6.00. The van der Waals surface area contributed by atoms with E-state index in [4.69, 9.17) is 4.74 Å². The van der Waals surface area contributed by atoms with Gasteiger partial charge >= 0.3 is 0 Å². The minimum atomic E-state index is -0.0450. The molecular weight excluding hydrogens is 218 g/mol. The predicted octanol–water partition coefficient (Wildman–Crippen LogP) is 1.69. The van der Waals surface area contributed by atoms with Gasteiger partial charge in [0, 0.05) is 12.3 Å². The van der Waals surface area contributed by atoms with E-state index in [2.05, 4.69) is 15.3 Å². The van der Waals surface area contributed by atoms with Gasteiger partial charge < -0.3 is 15.2 Å². The van der Waals surface area contributed by atoms with Crippen LogP contribution in [0.2, 0.25) is 0 Å². The van der Waals surface area contributed by atoms with Crippen LogP contribution in [0.25, 0.3) is 0 Å². The first-order valence-corrected chi connectivity index (χ1v) is 6.00. The highest BCUT2D eigenvalue weighted by molar-refractivity contribution is 5.29. The minimum Gasteiger partial charge on any atom is -0.478 e. The Labute approximate surface area is 102 Å². The van der Waals surface area contributed by atoms with E-state index < -0.39 is 0 Å². The van der Waals surface area contributed by atoms with E-state index in [0.29, 0.717) is 24.4 Å². The molecule has 0 fully saturated rings. The number of aromatic nitrogens is 2. The van der Waals surface area contributed by atoms with Gasteiger partial charge in [0.2, 0.25) is 11.8 Å². The third-order valence-electron chi connectivity index (χ3n) is 2.40. The molecule has 0 unspecified atom stereocenters. The molecule has 0 aliphatic rings. The summed E-state index contributed by atoms with van der Waals surface area (Å²) in [5, 5.41) is 12.3. The Morgan fingerprint density at radius 1 is 1.47 bits per heavy atom. The first-order chi connectivity index (χ1) is 8.17. The SMILES string of the molecule is CCCOc1ccnc(N[C@H](CO)C(C)C)n1. The van der Waals surface area contributed by atoms with Crippen LogP contribution in [-0.4, -0.2) is 34.3 Å². The quantitative estimate of drug-likeness (QED) is 0.758. The van der Waals surface area contributed by atoms with Gasteiger partial charge in [-0.1, -0.05) is 20.8 Å². The zero-order valence-corrected chi connectivity index (χ0v) is 10.7. The molecule has 0 amide bonds. The van der Waals surface area contributed by atoms with Gasteiger partial charge in [0.15, 0.2) is 0 Å². The summed E-state index contributed by atoms with van der Waals surface area (Å²) < 4.78 is 5.42. The van der Waals surface area contributed by atoms with E-state index in [1.807, 2.05) is 20.8 Å². The van der Waals surface area contributed by atoms with Gasteiger partial charge in [-0.2, -0.15) is 4.98 Å². The first kappa shape index (κ1) is 13.7. The number of nitrogens with one attached hydrogen (secondary N) is 1. The van der Waals surface area contributed by atoms with Crippen molar-refractivity contribution in [2.24, 2.45) is 5.92 Å². The van der Waals surface area contributed by atoms with Crippen molar-refractivity contribution in [3.63, 3.8) is 0 Å². The van der Waals surface area contributed by atoms with Crippen molar-refractivity contribution >= 4 is 5.95 Å². The second kappa shape index (κ2) is 7.06. The molecule has 1 aromatic rings. The number of ether oxygens (including phenoxy) is 1. The number of hydrogen-bond acceptors (Lipinski definition) is 5. The molecule has 1 atom stereocenters. The number of hydrogen-bond donors (Lipinski definition) is 2. The third-order valence-corrected chi connectivity index (χ3v) is 2.40. The van der Waals surface area contributed by atoms with Crippen molar-refractivity contribution in [2.45, 2.75) is 33.2 Å². The molecule has 1 aromatic heterocycles. The lowest BCUT2D eigenvalue weighted by Crippen LogP contribution is -2.30. The van der Waals surface area contributed by atoms with Crippen molar-refractivity contribution in [3.05, 3.63) is 12.3 Å². The van der Waals surface area contributed by atoms with Crippen LogP contribution < -0.4 is 10.1 Å². The summed E-state index contributed by atoms with van der Waals surface area (Å²) >= 11 is 0. The molecule has 0 radical (unpaired) electrons. The average molecular weight is 239 g/mol. The lowest BCUT2D eigenvalue weighted by atomic mass is 10.1. The fourth-order valence-corrected chi connectivity index (χ4v) is 1.29. The van der Waals surface area contributed by atoms with Gasteiger partial charge in [0.25, 0.3) is 0 Å². The molecule has 1 rings (SSSR count). The molecule has 0 bridgehead atoms. The van der Waals surface area contributed by atoms with Crippen molar-refractivity contribution in [1.29, 1.82) is 0 Å². The van der Waals surface area contributed by atoms with E-state index in [-0.39, 0.29) is 12.6 Å². The molecule has 2 N–H and O–H groups in total. The molecular formula is C12H21N3O2. The van der Waals surface area contributed by atoms with E-state index >= 15 is 0 Å². The molecule has 0 aliphatic heterocycles. The number of anilines is 1. The normalized spacial score (nSPS) is 12.5. The smallest absolute Gasteiger partial charge is 0.226 e. The molecule has 17 heavy (non-hydrogen) atoms. The summed E-state index contributed by atoms with van der Waals surface area (Å²) in [4.78, 5) is 8.33. The van der Waals surface area contributed by atoms with Gasteiger partial charge in [0.1, 0.15) is 0 Å². The number of aliphatic hydroxyl groups is 1. The van der Waals surface area contributed by atoms with Crippen LogP contribution in [0.4, 0.5) is 5.95 Å². The standard InChI is InChI=1S/C12H21N3O2/c1-4-7-17-11-5-6-13-12(15-11)14-10(8-16)9(2)3/h5-6,9-10,16H,4,7-8H2,1-3H3,(H,13,14,15)/t10-/m1/s1. The van der Waals surface area contributed by atoms with Crippen LogP contribution >= 0.6 is 0 Å². The third kappa shape index (κ3) is 4.56. The number of rotatable bonds is 7. The molecule has 0 saturated heterocycles. The van der Waals surface area contributed by atoms with Crippen molar-refractivity contribution in [3.8, 4) is 5.88 Å². The molecule has 0 spiro atoms. The Morgan fingerprint density at radius 3 is 2.82 bits per heavy atom. The Morgan fingerprint density at radius 2 is 2.24 bits per heavy atom. The highest BCUT2D eigenvalue weighted by Crippen LogP contribution is 2.12. The Balaban J connectivity index is 2.64. The maximum Gasteiger partial charge on any atom is 0.226 e. The molecule has 0 aliphatic carbocycles. The maximum atomic E-state index is 9.22. The molecule has 5 nitrogen and oxygen atoms in total. The van der Waals surface area contributed by atoms with Crippen LogP contribution in [0, 0.1) is 5.92 Å². The second-order valence-corrected chi connectivity index (χ2v) is 4.24. The monoisotopic (exact) mass is 239 g/mol. The van der Waals surface area contributed by atoms with Crippen LogP contribution in [0.5, 0.6) is 5.88 Å². The summed E-state index contributed by atoms with van der Waals surface area (Å²) in [6.45, 7) is 6.81. The van der Waals surface area contributed by atoms with E-state index in [1.54, 1.807) is 12.3 Å². The molecule has 1 heterocycles. The van der Waals surface area contributed by atoms with E-state index in [9.17, 15) is 5.11 Å². The van der Waals surface area contributed by atoms with Gasteiger partial charge in [-0.3, -0.25) is 0 Å². The fraction of sp³-hybridized carbons (Fsp3) is 0.667. The van der Waals surface area contributed by atoms with Crippen LogP contribution in [0.15, 0.2) is 12.3 Å². The average Bonchev–Trinajstić information content (AvgIpc) is 2.33. The zero-order valence-electron chi connectivity index (χ0n) is 10.7. The topological polar surface area (TPSA) is 67.3 Å². The van der Waals surface area contributed by atoms with Gasteiger partial charge in [-0.05, 0) is 12.3 Å². The summed E-state index contributed by atoms with van der Waals surface area (Å²) in [6.07, 6.45) is 2.59. The minimum absolute atomic E-state index is 0.0450. The Bertz CT molecular complexity index is 331. The van der Waals surface area contributed by atoms with Gasteiger partial charge in [0.05, 0.1) is 19.3 Å². The van der Waals surface area contributed by atoms with E-state index in [0.717, 1.165) is 6.42 Å². The Hall–Kier alpha value is -1.36. The Kier molecular flexibility index (Phi) is 5.69. The number of aliphatic hydroxyl groups excluding tert-OH is 1. The fourth-order valence-electron chi connectivity index (χ4n) is 1.29. The lowest BCUT2D eigenvalue weighted by molar-refractivity contribution is 0.248. The predicted molar refractivity (Wildman–Crippen MR) is 67.2 cm³/mol. The van der Waals surface area contributed by atoms with Crippen molar-refractivity contribution < 1.29 is 9.84 Å². The summed E-state index contributed by atoms with van der Waals surface area (Å²) in [5.74, 6) is 1.36. The van der Waals surface area contributed by atoms with Crippen LogP contribution in [-0.2, 0) is 0 Å². The largest absolute Gasteiger partial charge is 0.478 e. The molecule has 96 valence electrons. The maximum absolute atomic E-state index is 9.22. The molecule has 5 heteroatoms. The van der Waals surface area contributed by atoms with E-state index in [1.165, 1.54) is 0 Å². The zero-order chi connectivity index (χ0) is 12.7. The van der Waals surface area contributed by atoms with Crippen molar-refractivity contribution in [1.82, 2.24) is 9.97 Å². The highest BCUT2D eigenvalue weighted by Gasteiger charge is 2.13. The summed E-state index contributed by atoms with van der Waals surface area (Å²) in [5.41, 5.74) is 0. The molecule has 0 aromatic carbocycles.